The number of benzene rings is 2. The average Bonchev–Trinajstić information content (AvgIpc) is 1.69. The fraction of sp³-hybridized carbons (Fsp3) is 0.183. The van der Waals surface area contributed by atoms with Gasteiger partial charge in [-0.25, -0.2) is 28.2 Å². The van der Waals surface area contributed by atoms with Crippen molar-refractivity contribution in [3.05, 3.63) is 223 Å². The van der Waals surface area contributed by atoms with Gasteiger partial charge in [0.1, 0.15) is 34.4 Å². The number of hydrogen-bond donors (Lipinski definition) is 0. The fourth-order valence-electron chi connectivity index (χ4n) is 12.2. The number of fused-ring (bicyclic) bond motifs is 12. The Bertz CT molecular complexity index is 5570. The standard InChI is InChI=1S/C19H20BN2O.C18H18BN2O.2C17H17BN3O/c1-13-9-19(21(4)11-14(13)2)22-12-16-15-7-5-6-8-17(15)23-18(16)10-20(22)3;1-13-8-9-20(3)18(10-13)21-12-15-14-6-4-5-7-16(14)22-17(15)11-19(21)2;1-12-6-7-16(20(3)10-12)21-11-15-14(9-18(21)2)13-5-4-8-19-17(13)22-15;1-12-6-8-20(3)16(9-12)21-11-15-14(10-18(21)2)13-5-4-7-19-17(13)22-15/h5-12H,1-4H3;4-12H,1-3H3;2*4-11H,1-3H3/q4*+1/i2D3;;1D3;. The number of anilines is 4. The summed E-state index contributed by atoms with van der Waals surface area (Å²) in [6.07, 6.45) is 19.4. The van der Waals surface area contributed by atoms with Crippen LogP contribution in [0.5, 0.6) is 0 Å². The van der Waals surface area contributed by atoms with E-state index in [0.29, 0.717) is 22.6 Å². The minimum absolute atomic E-state index is 0.0901. The summed E-state index contributed by atoms with van der Waals surface area (Å²) < 4.78 is 77.5. The van der Waals surface area contributed by atoms with Crippen molar-refractivity contribution in [3.8, 4) is 0 Å². The number of nitrogens with zero attached hydrogens (tertiary/aromatic N) is 10. The number of pyridine rings is 6. The topological polar surface area (TPSA) is 107 Å². The second kappa shape index (κ2) is 23.5. The molecule has 4 aliphatic heterocycles. The molecule has 14 heterocycles. The summed E-state index contributed by atoms with van der Waals surface area (Å²) in [4.78, 5) is 17.3. The lowest BCUT2D eigenvalue weighted by Gasteiger charge is -2.19. The van der Waals surface area contributed by atoms with E-state index < -0.39 is 13.7 Å². The molecule has 0 aliphatic carbocycles. The molecule has 438 valence electrons. The normalized spacial score (nSPS) is 15.0. The lowest BCUT2D eigenvalue weighted by molar-refractivity contribution is -0.658. The van der Waals surface area contributed by atoms with Crippen molar-refractivity contribution in [1.29, 1.82) is 0 Å². The van der Waals surface area contributed by atoms with Gasteiger partial charge in [0, 0.05) is 76.9 Å². The van der Waals surface area contributed by atoms with Gasteiger partial charge in [0.05, 0.1) is 75.8 Å². The summed E-state index contributed by atoms with van der Waals surface area (Å²) >= 11 is 0. The Labute approximate surface area is 527 Å². The second-order valence-corrected chi connectivity index (χ2v) is 23.6. The van der Waals surface area contributed by atoms with Crippen LogP contribution in [0.1, 0.15) is 36.0 Å². The molecular formula is C71H72B4N10O4+4. The van der Waals surface area contributed by atoms with E-state index in [2.05, 4.69) is 197 Å². The first kappa shape index (κ1) is 51.0. The molecule has 0 atom stereocenters. The van der Waals surface area contributed by atoms with Gasteiger partial charge in [0.2, 0.25) is 11.4 Å². The Morgan fingerprint density at radius 2 is 0.843 bits per heavy atom. The van der Waals surface area contributed by atoms with E-state index in [4.69, 9.17) is 25.9 Å². The zero-order chi connectivity index (χ0) is 66.9. The van der Waals surface area contributed by atoms with Crippen molar-refractivity contribution >= 4 is 144 Å². The Morgan fingerprint density at radius 1 is 0.393 bits per heavy atom. The second-order valence-electron chi connectivity index (χ2n) is 23.6. The molecule has 0 saturated carbocycles. The highest BCUT2D eigenvalue weighted by molar-refractivity contribution is 6.78. The van der Waals surface area contributed by atoms with Crippen LogP contribution >= 0.6 is 0 Å². The molecule has 10 aromatic heterocycles. The highest BCUT2D eigenvalue weighted by Gasteiger charge is 2.33. The molecule has 14 nitrogen and oxygen atoms in total. The Hall–Kier alpha value is -10.1. The first-order valence-electron chi connectivity index (χ1n) is 33.0. The van der Waals surface area contributed by atoms with E-state index in [1.807, 2.05) is 97.0 Å². The smallest absolute Gasteiger partial charge is 0.405 e. The SMILES string of the molecule is CB1C=c2c(oc3ncccc23)=CN1c1cc(C)cc[n+]1C.CB1C=c2oc3ccccc3c2=CN1c1cc(C)cc[n+]1C.[2H]C([2H])([2H])c1c[n+](C)c(N2C=c3c(oc4ccccc34)=CB2C)cc1C.[2H]C([2H])([2H])c1ccc(N2C=c3oc4ncccc4c3=CB2C)[n+](C)c1. The first-order valence-corrected chi connectivity index (χ1v) is 30.0. The molecule has 0 bridgehead atoms. The summed E-state index contributed by atoms with van der Waals surface area (Å²) in [5.41, 5.74) is 10.6. The molecule has 2 aromatic carbocycles. The van der Waals surface area contributed by atoms with Crippen LogP contribution in [0.15, 0.2) is 170 Å². The maximum absolute atomic E-state index is 7.71. The van der Waals surface area contributed by atoms with Crippen LogP contribution in [0.25, 0.3) is 92.8 Å². The number of hydrogen-bond acceptors (Lipinski definition) is 10. The largest absolute Gasteiger partial charge is 0.457 e. The van der Waals surface area contributed by atoms with Gasteiger partial charge in [-0.1, -0.05) is 48.3 Å². The quantitative estimate of drug-likeness (QED) is 0.151. The molecule has 18 heteroatoms. The van der Waals surface area contributed by atoms with Gasteiger partial charge in [0.25, 0.3) is 23.3 Å². The number of aryl methyl sites for hydroxylation is 9. The van der Waals surface area contributed by atoms with Crippen LogP contribution in [0.4, 0.5) is 23.3 Å². The Morgan fingerprint density at radius 3 is 1.34 bits per heavy atom. The lowest BCUT2D eigenvalue weighted by atomic mass is 9.61. The van der Waals surface area contributed by atoms with Gasteiger partial charge < -0.3 is 17.7 Å². The Kier molecular flexibility index (Phi) is 13.5. The molecule has 0 saturated heterocycles. The van der Waals surface area contributed by atoms with Gasteiger partial charge in [0.15, 0.2) is 10.8 Å². The highest BCUT2D eigenvalue weighted by atomic mass is 16.3. The van der Waals surface area contributed by atoms with Gasteiger partial charge >= 0.3 is 27.4 Å². The third-order valence-corrected chi connectivity index (χ3v) is 17.0. The van der Waals surface area contributed by atoms with E-state index in [1.54, 1.807) is 30.9 Å². The van der Waals surface area contributed by atoms with E-state index in [9.17, 15) is 0 Å². The minimum Gasteiger partial charge on any atom is -0.457 e. The van der Waals surface area contributed by atoms with Crippen LogP contribution in [0, 0.1) is 34.5 Å². The highest BCUT2D eigenvalue weighted by Crippen LogP contribution is 2.22. The summed E-state index contributed by atoms with van der Waals surface area (Å²) in [5.74, 6) is 12.8. The number of rotatable bonds is 4. The van der Waals surface area contributed by atoms with Gasteiger partial charge in [-0.3, -0.25) is 19.2 Å². The summed E-state index contributed by atoms with van der Waals surface area (Å²) in [7, 11) is 7.87. The average molecular weight is 1180 g/mol. The molecule has 0 N–H and O–H groups in total. The van der Waals surface area contributed by atoms with Crippen LogP contribution in [0.3, 0.4) is 0 Å². The molecule has 12 aromatic rings. The molecular weight excluding hydrogens is 1100 g/mol. The predicted molar refractivity (Wildman–Crippen MR) is 364 cm³/mol. The van der Waals surface area contributed by atoms with E-state index in [1.165, 1.54) is 22.3 Å². The first-order chi connectivity index (χ1) is 45.4. The van der Waals surface area contributed by atoms with Gasteiger partial charge in [-0.2, -0.15) is 0 Å². The number of aromatic nitrogens is 6. The van der Waals surface area contributed by atoms with E-state index in [-0.39, 0.29) is 27.4 Å². The van der Waals surface area contributed by atoms with Crippen LogP contribution < -0.4 is 80.0 Å². The third-order valence-electron chi connectivity index (χ3n) is 17.0. The third kappa shape index (κ3) is 11.1. The van der Waals surface area contributed by atoms with Crippen molar-refractivity contribution in [3.63, 3.8) is 0 Å². The number of furan rings is 4. The van der Waals surface area contributed by atoms with E-state index >= 15 is 0 Å². The fourth-order valence-corrected chi connectivity index (χ4v) is 12.2. The summed E-state index contributed by atoms with van der Waals surface area (Å²) in [5, 5.41) is 8.73. The van der Waals surface area contributed by atoms with Crippen molar-refractivity contribution in [2.45, 2.75) is 61.8 Å². The molecule has 0 amide bonds. The van der Waals surface area contributed by atoms with Crippen LogP contribution in [-0.4, -0.2) is 37.4 Å². The van der Waals surface area contributed by atoms with E-state index in [0.717, 1.165) is 92.9 Å². The molecule has 4 aliphatic rings. The van der Waals surface area contributed by atoms with Crippen LogP contribution in [-0.2, 0) is 28.2 Å². The van der Waals surface area contributed by atoms with Gasteiger partial charge in [-0.15, -0.1) is 0 Å². The zero-order valence-corrected chi connectivity index (χ0v) is 52.0. The molecule has 0 fully saturated rings. The number of para-hydroxylation sites is 2. The van der Waals surface area contributed by atoms with Gasteiger partial charge in [-0.05, 0) is 156 Å². The van der Waals surface area contributed by atoms with Crippen molar-refractivity contribution in [1.82, 2.24) is 9.97 Å². The van der Waals surface area contributed by atoms with Crippen LogP contribution in [0.2, 0.25) is 27.3 Å². The molecule has 89 heavy (non-hydrogen) atoms. The lowest BCUT2D eigenvalue weighted by Crippen LogP contribution is -2.47. The molecule has 0 radical (unpaired) electrons. The Balaban J connectivity index is 0.000000115. The van der Waals surface area contributed by atoms with Crippen molar-refractivity contribution in [2.24, 2.45) is 28.2 Å². The van der Waals surface area contributed by atoms with Crippen molar-refractivity contribution in [2.75, 3.05) is 19.2 Å². The van der Waals surface area contributed by atoms with Crippen molar-refractivity contribution < 1.29 is 44.2 Å². The maximum atomic E-state index is 7.71. The zero-order valence-electron chi connectivity index (χ0n) is 58.0. The maximum Gasteiger partial charge on any atom is 0.405 e. The molecule has 16 rings (SSSR count). The summed E-state index contributed by atoms with van der Waals surface area (Å²) in [6.45, 7) is 11.1. The predicted octanol–water partition coefficient (Wildman–Crippen LogP) is 6.16. The summed E-state index contributed by atoms with van der Waals surface area (Å²) in [6, 6.07) is 38.2. The molecule has 0 spiro atoms. The molecule has 0 unspecified atom stereocenters. The minimum atomic E-state index is -2.11. The monoisotopic (exact) mass is 1180 g/mol.